The lowest BCUT2D eigenvalue weighted by Crippen LogP contribution is -2.25. The van der Waals surface area contributed by atoms with Crippen LogP contribution in [0.15, 0.2) is 29.2 Å². The number of carbonyl (C=O) groups is 1. The quantitative estimate of drug-likeness (QED) is 0.620. The van der Waals surface area contributed by atoms with Gasteiger partial charge in [-0.3, -0.25) is 4.79 Å². The third kappa shape index (κ3) is 4.21. The summed E-state index contributed by atoms with van der Waals surface area (Å²) in [5.74, 6) is -0.196. The number of hydrogen-bond donors (Lipinski definition) is 0. The van der Waals surface area contributed by atoms with Crippen LogP contribution in [-0.4, -0.2) is 20.5 Å². The van der Waals surface area contributed by atoms with Crippen LogP contribution < -0.4 is 0 Å². The number of ether oxygens (including phenoxy) is 1. The number of benzene rings is 1. The molecule has 0 heterocycles. The standard InChI is InChI=1S/C13H15ClO4S/c14-19(16,17)12-7-4-10(5-8-12)6-9-13(15)18-11-2-1-3-11/h4-5,7-8,11H,1-3,6,9H2. The van der Waals surface area contributed by atoms with Crippen molar-refractivity contribution in [3.8, 4) is 0 Å². The number of halogens is 1. The molecule has 0 radical (unpaired) electrons. The number of carbonyl (C=O) groups excluding carboxylic acids is 1. The molecular formula is C13H15ClO4S. The summed E-state index contributed by atoms with van der Waals surface area (Å²) >= 11 is 0. The minimum Gasteiger partial charge on any atom is -0.462 e. The summed E-state index contributed by atoms with van der Waals surface area (Å²) in [6.07, 6.45) is 4.02. The van der Waals surface area contributed by atoms with E-state index in [1.165, 1.54) is 12.1 Å². The molecule has 1 fully saturated rings. The van der Waals surface area contributed by atoms with E-state index < -0.39 is 9.05 Å². The molecule has 0 aliphatic heterocycles. The Morgan fingerprint density at radius 3 is 2.37 bits per heavy atom. The molecule has 0 N–H and O–H groups in total. The summed E-state index contributed by atoms with van der Waals surface area (Å²) in [5, 5.41) is 0. The van der Waals surface area contributed by atoms with Gasteiger partial charge in [-0.05, 0) is 43.4 Å². The highest BCUT2D eigenvalue weighted by molar-refractivity contribution is 8.13. The minimum atomic E-state index is -3.68. The second-order valence-electron chi connectivity index (χ2n) is 4.62. The summed E-state index contributed by atoms with van der Waals surface area (Å²) in [5.41, 5.74) is 0.884. The fourth-order valence-electron chi connectivity index (χ4n) is 1.80. The van der Waals surface area contributed by atoms with Crippen LogP contribution in [0.5, 0.6) is 0 Å². The van der Waals surface area contributed by atoms with Crippen molar-refractivity contribution in [3.05, 3.63) is 29.8 Å². The molecule has 2 rings (SSSR count). The third-order valence-electron chi connectivity index (χ3n) is 3.17. The van der Waals surface area contributed by atoms with Crippen molar-refractivity contribution in [2.75, 3.05) is 0 Å². The lowest BCUT2D eigenvalue weighted by molar-refractivity contribution is -0.152. The first kappa shape index (κ1) is 14.3. The Bertz CT molecular complexity index is 547. The Kier molecular flexibility index (Phi) is 4.47. The van der Waals surface area contributed by atoms with E-state index in [1.54, 1.807) is 12.1 Å². The van der Waals surface area contributed by atoms with E-state index in [0.29, 0.717) is 12.8 Å². The number of aryl methyl sites for hydroxylation is 1. The molecule has 1 aromatic rings. The molecule has 0 saturated heterocycles. The topological polar surface area (TPSA) is 60.4 Å². The normalized spacial score (nSPS) is 15.8. The highest BCUT2D eigenvalue weighted by atomic mass is 35.7. The number of rotatable bonds is 5. The Morgan fingerprint density at radius 2 is 1.89 bits per heavy atom. The van der Waals surface area contributed by atoms with Crippen molar-refractivity contribution >= 4 is 25.7 Å². The molecule has 4 nitrogen and oxygen atoms in total. The molecule has 0 aromatic heterocycles. The van der Waals surface area contributed by atoms with E-state index in [1.807, 2.05) is 0 Å². The Labute approximate surface area is 117 Å². The van der Waals surface area contributed by atoms with Gasteiger partial charge in [0.1, 0.15) is 6.10 Å². The zero-order valence-electron chi connectivity index (χ0n) is 10.3. The van der Waals surface area contributed by atoms with Crippen molar-refractivity contribution in [2.45, 2.75) is 43.1 Å². The fourth-order valence-corrected chi connectivity index (χ4v) is 2.57. The molecule has 1 aliphatic rings. The Hall–Kier alpha value is -1.07. The summed E-state index contributed by atoms with van der Waals surface area (Å²) in [6, 6.07) is 6.20. The van der Waals surface area contributed by atoms with Crippen molar-refractivity contribution in [3.63, 3.8) is 0 Å². The van der Waals surface area contributed by atoms with Gasteiger partial charge in [0.25, 0.3) is 9.05 Å². The van der Waals surface area contributed by atoms with Crippen molar-refractivity contribution in [1.82, 2.24) is 0 Å². The number of hydrogen-bond acceptors (Lipinski definition) is 4. The smallest absolute Gasteiger partial charge is 0.306 e. The molecule has 6 heteroatoms. The monoisotopic (exact) mass is 302 g/mol. The molecule has 1 saturated carbocycles. The summed E-state index contributed by atoms with van der Waals surface area (Å²) in [4.78, 5) is 11.6. The fraction of sp³-hybridized carbons (Fsp3) is 0.462. The first-order chi connectivity index (χ1) is 8.95. The Balaban J connectivity index is 1.84. The van der Waals surface area contributed by atoms with Crippen LogP contribution in [0, 0.1) is 0 Å². The third-order valence-corrected chi connectivity index (χ3v) is 4.54. The van der Waals surface area contributed by atoms with E-state index in [0.717, 1.165) is 24.8 Å². The van der Waals surface area contributed by atoms with Crippen molar-refractivity contribution in [2.24, 2.45) is 0 Å². The number of esters is 1. The van der Waals surface area contributed by atoms with E-state index in [-0.39, 0.29) is 17.0 Å². The first-order valence-electron chi connectivity index (χ1n) is 6.18. The zero-order chi connectivity index (χ0) is 13.9. The average Bonchev–Trinajstić information content (AvgIpc) is 2.31. The zero-order valence-corrected chi connectivity index (χ0v) is 11.9. The molecule has 1 aliphatic carbocycles. The van der Waals surface area contributed by atoms with Crippen molar-refractivity contribution in [1.29, 1.82) is 0 Å². The van der Waals surface area contributed by atoms with Gasteiger partial charge in [-0.2, -0.15) is 0 Å². The summed E-state index contributed by atoms with van der Waals surface area (Å²) in [7, 11) is 1.53. The highest BCUT2D eigenvalue weighted by Crippen LogP contribution is 2.22. The summed E-state index contributed by atoms with van der Waals surface area (Å²) in [6.45, 7) is 0. The molecule has 19 heavy (non-hydrogen) atoms. The van der Waals surface area contributed by atoms with Crippen molar-refractivity contribution < 1.29 is 17.9 Å². The largest absolute Gasteiger partial charge is 0.462 e. The maximum atomic E-state index is 11.5. The molecule has 0 unspecified atom stereocenters. The maximum Gasteiger partial charge on any atom is 0.306 e. The van der Waals surface area contributed by atoms with Gasteiger partial charge in [-0.15, -0.1) is 0 Å². The molecule has 0 bridgehead atoms. The second kappa shape index (κ2) is 5.92. The van der Waals surface area contributed by atoms with Crippen LogP contribution in [0.4, 0.5) is 0 Å². The predicted molar refractivity (Wildman–Crippen MR) is 71.5 cm³/mol. The van der Waals surface area contributed by atoms with Crippen LogP contribution in [0.1, 0.15) is 31.2 Å². The van der Waals surface area contributed by atoms with Gasteiger partial charge in [-0.1, -0.05) is 12.1 Å². The van der Waals surface area contributed by atoms with Gasteiger partial charge in [0, 0.05) is 17.1 Å². The van der Waals surface area contributed by atoms with E-state index >= 15 is 0 Å². The van der Waals surface area contributed by atoms with Crippen LogP contribution in [0.25, 0.3) is 0 Å². The average molecular weight is 303 g/mol. The van der Waals surface area contributed by atoms with Gasteiger partial charge in [0.05, 0.1) is 4.90 Å². The lowest BCUT2D eigenvalue weighted by Gasteiger charge is -2.25. The maximum absolute atomic E-state index is 11.5. The lowest BCUT2D eigenvalue weighted by atomic mass is 9.96. The molecular weight excluding hydrogens is 288 g/mol. The highest BCUT2D eigenvalue weighted by Gasteiger charge is 2.21. The SMILES string of the molecule is O=C(CCc1ccc(S(=O)(=O)Cl)cc1)OC1CCC1. The van der Waals surface area contributed by atoms with Gasteiger partial charge in [0.15, 0.2) is 0 Å². The van der Waals surface area contributed by atoms with Gasteiger partial charge in [-0.25, -0.2) is 8.42 Å². The van der Waals surface area contributed by atoms with Crippen LogP contribution in [0.2, 0.25) is 0 Å². The van der Waals surface area contributed by atoms with Crippen LogP contribution in [0.3, 0.4) is 0 Å². The second-order valence-corrected chi connectivity index (χ2v) is 7.19. The molecule has 0 amide bonds. The molecule has 0 atom stereocenters. The minimum absolute atomic E-state index is 0.0648. The molecule has 0 spiro atoms. The predicted octanol–water partition coefficient (Wildman–Crippen LogP) is 2.64. The van der Waals surface area contributed by atoms with Crippen LogP contribution in [-0.2, 0) is 25.0 Å². The van der Waals surface area contributed by atoms with E-state index in [4.69, 9.17) is 15.4 Å². The van der Waals surface area contributed by atoms with E-state index in [2.05, 4.69) is 0 Å². The first-order valence-corrected chi connectivity index (χ1v) is 8.49. The summed E-state index contributed by atoms with van der Waals surface area (Å²) < 4.78 is 27.4. The molecule has 1 aromatic carbocycles. The van der Waals surface area contributed by atoms with E-state index in [9.17, 15) is 13.2 Å². The van der Waals surface area contributed by atoms with Crippen LogP contribution >= 0.6 is 10.7 Å². The van der Waals surface area contributed by atoms with Gasteiger partial charge < -0.3 is 4.74 Å². The van der Waals surface area contributed by atoms with Gasteiger partial charge >= 0.3 is 5.97 Å². The molecule has 104 valence electrons. The Morgan fingerprint density at radius 1 is 1.26 bits per heavy atom. The van der Waals surface area contributed by atoms with Gasteiger partial charge in [0.2, 0.25) is 0 Å².